The molecule has 2 aromatic carbocycles. The third-order valence-electron chi connectivity index (χ3n) is 5.34. The topological polar surface area (TPSA) is 106 Å². The summed E-state index contributed by atoms with van der Waals surface area (Å²) in [6, 6.07) is 11.2. The first-order valence-electron chi connectivity index (χ1n) is 10.5. The Morgan fingerprint density at radius 1 is 1.12 bits per heavy atom. The van der Waals surface area contributed by atoms with Gasteiger partial charge in [0.1, 0.15) is 16.3 Å². The van der Waals surface area contributed by atoms with Crippen molar-refractivity contribution in [3.8, 4) is 27.6 Å². The van der Waals surface area contributed by atoms with Crippen LogP contribution in [-0.2, 0) is 6.42 Å². The van der Waals surface area contributed by atoms with Crippen molar-refractivity contribution in [3.63, 3.8) is 0 Å². The molecular formula is C24H22N2O5S. The van der Waals surface area contributed by atoms with Crippen LogP contribution in [0.3, 0.4) is 0 Å². The van der Waals surface area contributed by atoms with Crippen LogP contribution in [0, 0.1) is 10.1 Å². The number of hydrogen-bond acceptors (Lipinski definition) is 7. The Hall–Kier alpha value is -3.52. The van der Waals surface area contributed by atoms with Crippen LogP contribution in [0.15, 0.2) is 57.1 Å². The van der Waals surface area contributed by atoms with Gasteiger partial charge in [0.05, 0.1) is 16.2 Å². The van der Waals surface area contributed by atoms with Gasteiger partial charge in [-0.1, -0.05) is 26.2 Å². The molecule has 164 valence electrons. The van der Waals surface area contributed by atoms with Crippen molar-refractivity contribution in [1.29, 1.82) is 0 Å². The molecule has 0 radical (unpaired) electrons. The van der Waals surface area contributed by atoms with Crippen LogP contribution in [0.5, 0.6) is 5.75 Å². The highest BCUT2D eigenvalue weighted by atomic mass is 32.1. The maximum Gasteiger partial charge on any atom is 0.346 e. The highest BCUT2D eigenvalue weighted by Crippen LogP contribution is 2.32. The zero-order valence-corrected chi connectivity index (χ0v) is 18.4. The van der Waals surface area contributed by atoms with Crippen LogP contribution >= 0.6 is 11.3 Å². The number of fused-ring (bicyclic) bond motifs is 1. The third kappa shape index (κ3) is 4.55. The zero-order chi connectivity index (χ0) is 22.7. The van der Waals surface area contributed by atoms with Crippen LogP contribution in [0.4, 0.5) is 5.69 Å². The van der Waals surface area contributed by atoms with E-state index in [-0.39, 0.29) is 11.4 Å². The van der Waals surface area contributed by atoms with Crippen molar-refractivity contribution < 1.29 is 14.4 Å². The highest BCUT2D eigenvalue weighted by Gasteiger charge is 2.15. The van der Waals surface area contributed by atoms with Crippen LogP contribution in [0.25, 0.3) is 32.8 Å². The van der Waals surface area contributed by atoms with E-state index in [1.165, 1.54) is 29.5 Å². The minimum atomic E-state index is -0.530. The van der Waals surface area contributed by atoms with Crippen LogP contribution in [0.2, 0.25) is 0 Å². The number of nitrogens with zero attached hydrogens (tertiary/aromatic N) is 2. The van der Waals surface area contributed by atoms with E-state index >= 15 is 0 Å². The van der Waals surface area contributed by atoms with E-state index < -0.39 is 10.5 Å². The molecule has 4 rings (SSSR count). The predicted octanol–water partition coefficient (Wildman–Crippen LogP) is 6.32. The van der Waals surface area contributed by atoms with E-state index in [1.807, 2.05) is 6.07 Å². The van der Waals surface area contributed by atoms with Crippen molar-refractivity contribution in [2.24, 2.45) is 0 Å². The Balaban J connectivity index is 1.65. The normalized spacial score (nSPS) is 11.2. The fourth-order valence-electron chi connectivity index (χ4n) is 3.58. The molecule has 7 nitrogen and oxygen atoms in total. The molecule has 32 heavy (non-hydrogen) atoms. The van der Waals surface area contributed by atoms with E-state index in [0.717, 1.165) is 48.6 Å². The second-order valence-corrected chi connectivity index (χ2v) is 8.48. The monoisotopic (exact) mass is 450 g/mol. The Kier molecular flexibility index (Phi) is 6.32. The van der Waals surface area contributed by atoms with Gasteiger partial charge in [0, 0.05) is 34.5 Å². The van der Waals surface area contributed by atoms with Crippen molar-refractivity contribution in [2.75, 3.05) is 0 Å². The summed E-state index contributed by atoms with van der Waals surface area (Å²) in [5.41, 5.74) is 2.34. The van der Waals surface area contributed by atoms with Gasteiger partial charge in [-0.2, -0.15) is 0 Å². The van der Waals surface area contributed by atoms with E-state index in [0.29, 0.717) is 21.8 Å². The van der Waals surface area contributed by atoms with Gasteiger partial charge in [0.15, 0.2) is 0 Å². The summed E-state index contributed by atoms with van der Waals surface area (Å²) in [6.45, 7) is 2.16. The number of nitro benzene ring substituents is 1. The summed E-state index contributed by atoms with van der Waals surface area (Å²) in [4.78, 5) is 27.5. The average molecular weight is 451 g/mol. The minimum Gasteiger partial charge on any atom is -0.508 e. The number of benzene rings is 2. The SMILES string of the molecule is CCCCCCc1cc2cc(-c3nc(-c4ccc([N+](=O)[O-])cc4)cs3)c(=O)oc2cc1O. The molecule has 0 aliphatic carbocycles. The fraction of sp³-hybridized carbons (Fsp3) is 0.250. The van der Waals surface area contributed by atoms with Gasteiger partial charge in [-0.3, -0.25) is 10.1 Å². The zero-order valence-electron chi connectivity index (χ0n) is 17.5. The number of unbranched alkanes of at least 4 members (excludes halogenated alkanes) is 3. The summed E-state index contributed by atoms with van der Waals surface area (Å²) in [7, 11) is 0. The van der Waals surface area contributed by atoms with Gasteiger partial charge in [-0.05, 0) is 42.7 Å². The van der Waals surface area contributed by atoms with Crippen molar-refractivity contribution in [2.45, 2.75) is 39.0 Å². The summed E-state index contributed by atoms with van der Waals surface area (Å²) >= 11 is 1.30. The van der Waals surface area contributed by atoms with Gasteiger partial charge < -0.3 is 9.52 Å². The smallest absolute Gasteiger partial charge is 0.346 e. The molecule has 0 saturated carbocycles. The molecule has 1 N–H and O–H groups in total. The molecule has 2 heterocycles. The van der Waals surface area contributed by atoms with E-state index in [4.69, 9.17) is 4.42 Å². The molecule has 0 atom stereocenters. The molecule has 2 aromatic heterocycles. The number of aryl methyl sites for hydroxylation is 1. The van der Waals surface area contributed by atoms with Crippen LogP contribution in [-0.4, -0.2) is 15.0 Å². The quantitative estimate of drug-likeness (QED) is 0.146. The van der Waals surface area contributed by atoms with Gasteiger partial charge in [-0.25, -0.2) is 9.78 Å². The number of hydrogen-bond donors (Lipinski definition) is 1. The van der Waals surface area contributed by atoms with Crippen LogP contribution < -0.4 is 5.63 Å². The number of phenolic OH excluding ortho intramolecular Hbond substituents is 1. The summed E-state index contributed by atoms with van der Waals surface area (Å²) < 4.78 is 5.46. The number of aromatic hydroxyl groups is 1. The maximum absolute atomic E-state index is 12.6. The number of phenols is 1. The summed E-state index contributed by atoms with van der Waals surface area (Å²) in [6.07, 6.45) is 5.16. The maximum atomic E-state index is 12.6. The van der Waals surface area contributed by atoms with Crippen LogP contribution in [0.1, 0.15) is 38.2 Å². The Morgan fingerprint density at radius 3 is 2.62 bits per heavy atom. The first-order valence-corrected chi connectivity index (χ1v) is 11.3. The molecule has 0 fully saturated rings. The molecule has 0 aliphatic rings. The number of aromatic nitrogens is 1. The molecule has 0 bridgehead atoms. The fourth-order valence-corrected chi connectivity index (χ4v) is 4.41. The first kappa shape index (κ1) is 21.7. The number of nitro groups is 1. The summed E-state index contributed by atoms with van der Waals surface area (Å²) in [5.74, 6) is 0.139. The lowest BCUT2D eigenvalue weighted by Crippen LogP contribution is -2.02. The van der Waals surface area contributed by atoms with E-state index in [9.17, 15) is 20.0 Å². The lowest BCUT2D eigenvalue weighted by atomic mass is 10.0. The van der Waals surface area contributed by atoms with Gasteiger partial charge in [-0.15, -0.1) is 11.3 Å². The second kappa shape index (κ2) is 9.32. The average Bonchev–Trinajstić information content (AvgIpc) is 3.27. The summed E-state index contributed by atoms with van der Waals surface area (Å²) in [5, 5.41) is 24.2. The Labute approximate surface area is 188 Å². The molecule has 0 saturated heterocycles. The van der Waals surface area contributed by atoms with E-state index in [2.05, 4.69) is 11.9 Å². The van der Waals surface area contributed by atoms with Gasteiger partial charge in [0.2, 0.25) is 0 Å². The first-order chi connectivity index (χ1) is 15.5. The molecule has 0 amide bonds. The standard InChI is InChI=1S/C24H22N2O5S/c1-2-3-4-5-6-16-11-17-12-19(24(28)31-22(17)13-21(16)27)23-25-20(14-32-23)15-7-9-18(10-8-15)26(29)30/h7-14,27H,2-6H2,1H3. The van der Waals surface area contributed by atoms with Crippen molar-refractivity contribution >= 4 is 28.0 Å². The molecule has 4 aromatic rings. The third-order valence-corrected chi connectivity index (χ3v) is 6.22. The highest BCUT2D eigenvalue weighted by molar-refractivity contribution is 7.13. The van der Waals surface area contributed by atoms with Gasteiger partial charge in [0.25, 0.3) is 5.69 Å². The number of thiazole rings is 1. The lowest BCUT2D eigenvalue weighted by Gasteiger charge is -2.07. The van der Waals surface area contributed by atoms with Crippen molar-refractivity contribution in [1.82, 2.24) is 4.98 Å². The lowest BCUT2D eigenvalue weighted by molar-refractivity contribution is -0.384. The number of non-ortho nitro benzene ring substituents is 1. The largest absolute Gasteiger partial charge is 0.508 e. The molecule has 0 aliphatic heterocycles. The number of rotatable bonds is 8. The van der Waals surface area contributed by atoms with E-state index in [1.54, 1.807) is 23.6 Å². The minimum absolute atomic E-state index is 0.00753. The molecule has 0 unspecified atom stereocenters. The van der Waals surface area contributed by atoms with Crippen molar-refractivity contribution in [3.05, 3.63) is 73.9 Å². The second-order valence-electron chi connectivity index (χ2n) is 7.62. The molecule has 0 spiro atoms. The Morgan fingerprint density at radius 2 is 1.91 bits per heavy atom. The Bertz CT molecular complexity index is 1320. The van der Waals surface area contributed by atoms with Gasteiger partial charge >= 0.3 is 5.63 Å². The molecular weight excluding hydrogens is 428 g/mol. The predicted molar refractivity (Wildman–Crippen MR) is 125 cm³/mol. The molecule has 8 heteroatoms.